The normalized spacial score (nSPS) is 16.4. The number of nitrogens with zero attached hydrogens (tertiary/aromatic N) is 1. The first-order valence-electron chi connectivity index (χ1n) is 9.11. The summed E-state index contributed by atoms with van der Waals surface area (Å²) in [5, 5.41) is 2.64. The van der Waals surface area contributed by atoms with Gasteiger partial charge in [0.25, 0.3) is 15.9 Å². The second-order valence-corrected chi connectivity index (χ2v) is 8.87. The van der Waals surface area contributed by atoms with E-state index in [-0.39, 0.29) is 0 Å². The molecule has 1 fully saturated rings. The van der Waals surface area contributed by atoms with Gasteiger partial charge in [0.15, 0.2) is 11.6 Å². The van der Waals surface area contributed by atoms with Crippen molar-refractivity contribution in [3.05, 3.63) is 23.8 Å². The lowest BCUT2D eigenvalue weighted by molar-refractivity contribution is -0.140. The Balaban J connectivity index is 2.14. The molecule has 1 aromatic rings. The van der Waals surface area contributed by atoms with Gasteiger partial charge in [-0.1, -0.05) is 0 Å². The smallest absolute Gasteiger partial charge is 0.265 e. The Kier molecular flexibility index (Phi) is 7.35. The lowest BCUT2D eigenvalue weighted by atomic mass is 10.0. The average Bonchev–Trinajstić information content (AvgIpc) is 3.10. The summed E-state index contributed by atoms with van der Waals surface area (Å²) in [7, 11) is 0.670. The third kappa shape index (κ3) is 5.18. The quantitative estimate of drug-likeness (QED) is 0.596. The number of ether oxygens (including phenoxy) is 1. The van der Waals surface area contributed by atoms with Crippen LogP contribution >= 0.6 is 0 Å². The number of halogens is 2. The first kappa shape index (κ1) is 22.5. The van der Waals surface area contributed by atoms with Gasteiger partial charge in [-0.05, 0) is 64.9 Å². The Morgan fingerprint density at radius 2 is 1.79 bits per heavy atom. The van der Waals surface area contributed by atoms with Crippen LogP contribution in [0.2, 0.25) is 0 Å². The third-order valence-electron chi connectivity index (χ3n) is 4.85. The molecule has 10 heteroatoms. The molecule has 1 saturated carbocycles. The highest BCUT2D eigenvalue weighted by Gasteiger charge is 2.43. The van der Waals surface area contributed by atoms with Crippen molar-refractivity contribution in [2.24, 2.45) is 0 Å². The molecule has 0 bridgehead atoms. The van der Waals surface area contributed by atoms with E-state index in [1.807, 2.05) is 23.7 Å². The molecule has 0 atom stereocenters. The van der Waals surface area contributed by atoms with E-state index in [9.17, 15) is 22.0 Å². The molecule has 0 heterocycles. The van der Waals surface area contributed by atoms with Gasteiger partial charge in [-0.25, -0.2) is 21.9 Å². The van der Waals surface area contributed by atoms with Crippen molar-refractivity contribution in [3.63, 3.8) is 0 Å². The Morgan fingerprint density at radius 3 is 2.29 bits per heavy atom. The van der Waals surface area contributed by atoms with E-state index >= 15 is 0 Å². The maximum Gasteiger partial charge on any atom is 0.265 e. The zero-order valence-corrected chi connectivity index (χ0v) is 17.2. The zero-order chi connectivity index (χ0) is 20.9. The van der Waals surface area contributed by atoms with Gasteiger partial charge in [0.05, 0.1) is 4.90 Å². The molecule has 158 valence electrons. The molecule has 0 saturated heterocycles. The first-order chi connectivity index (χ1) is 13.1. The summed E-state index contributed by atoms with van der Waals surface area (Å²) in [6, 6.07) is 1.39. The van der Waals surface area contributed by atoms with E-state index in [4.69, 9.17) is 4.74 Å². The van der Waals surface area contributed by atoms with E-state index in [0.29, 0.717) is 37.9 Å². The van der Waals surface area contributed by atoms with Gasteiger partial charge in [-0.3, -0.25) is 4.79 Å². The van der Waals surface area contributed by atoms with Crippen LogP contribution in [0.25, 0.3) is 0 Å². The van der Waals surface area contributed by atoms with Crippen molar-refractivity contribution < 1.29 is 26.7 Å². The van der Waals surface area contributed by atoms with Gasteiger partial charge < -0.3 is 15.0 Å². The number of nitrogens with one attached hydrogen (secondary N) is 2. The van der Waals surface area contributed by atoms with Crippen LogP contribution in [0, 0.1) is 11.6 Å². The van der Waals surface area contributed by atoms with E-state index in [2.05, 4.69) is 5.32 Å². The summed E-state index contributed by atoms with van der Waals surface area (Å²) in [5.74, 6) is -2.90. The molecule has 2 N–H and O–H groups in total. The highest BCUT2D eigenvalue weighted by molar-refractivity contribution is 7.90. The minimum Gasteiger partial charge on any atom is -0.380 e. The number of amides is 1. The largest absolute Gasteiger partial charge is 0.380 e. The molecule has 1 aliphatic carbocycles. The van der Waals surface area contributed by atoms with Gasteiger partial charge in [0.1, 0.15) is 11.3 Å². The second-order valence-electron chi connectivity index (χ2n) is 7.19. The Bertz CT molecular complexity index is 786. The summed E-state index contributed by atoms with van der Waals surface area (Å²) in [4.78, 5) is 13.7. The topological polar surface area (TPSA) is 87.7 Å². The summed E-state index contributed by atoms with van der Waals surface area (Å²) in [5.41, 5.74) is -1.62. The van der Waals surface area contributed by atoms with Crippen LogP contribution in [0.3, 0.4) is 0 Å². The van der Waals surface area contributed by atoms with Gasteiger partial charge in [0, 0.05) is 13.7 Å². The van der Waals surface area contributed by atoms with Gasteiger partial charge in [0.2, 0.25) is 0 Å². The fourth-order valence-electron chi connectivity index (χ4n) is 3.23. The lowest BCUT2D eigenvalue weighted by Crippen LogP contribution is -2.48. The van der Waals surface area contributed by atoms with E-state index in [1.54, 1.807) is 0 Å². The van der Waals surface area contributed by atoms with Crippen molar-refractivity contribution in [1.29, 1.82) is 0 Å². The molecule has 0 radical (unpaired) electrons. The molecule has 0 unspecified atom stereocenters. The predicted octanol–water partition coefficient (Wildman–Crippen LogP) is 2.09. The fourth-order valence-corrected chi connectivity index (χ4v) is 4.29. The average molecular weight is 419 g/mol. The number of sulfonamides is 1. The Morgan fingerprint density at radius 1 is 1.21 bits per heavy atom. The van der Waals surface area contributed by atoms with Crippen LogP contribution in [0.1, 0.15) is 32.1 Å². The SMILES string of the molecule is COC1(C(=O)NS(=O)(=O)c2cc(F)c(NCCCN(C)C)c(F)c2)CCCC1. The minimum atomic E-state index is -4.44. The maximum atomic E-state index is 14.3. The van der Waals surface area contributed by atoms with Crippen LogP contribution in [-0.4, -0.2) is 59.1 Å². The highest BCUT2D eigenvalue weighted by Crippen LogP contribution is 2.33. The van der Waals surface area contributed by atoms with Gasteiger partial charge in [-0.2, -0.15) is 0 Å². The van der Waals surface area contributed by atoms with E-state index < -0.39 is 43.7 Å². The number of benzene rings is 1. The molecule has 1 aromatic carbocycles. The van der Waals surface area contributed by atoms with Crippen molar-refractivity contribution in [1.82, 2.24) is 9.62 Å². The van der Waals surface area contributed by atoms with Crippen LogP contribution in [-0.2, 0) is 19.6 Å². The molecule has 7 nitrogen and oxygen atoms in total. The molecule has 0 aliphatic heterocycles. The monoisotopic (exact) mass is 419 g/mol. The Hall–Kier alpha value is -1.78. The molecule has 1 amide bonds. The van der Waals surface area contributed by atoms with Crippen molar-refractivity contribution >= 4 is 21.6 Å². The predicted molar refractivity (Wildman–Crippen MR) is 102 cm³/mol. The van der Waals surface area contributed by atoms with Crippen LogP contribution in [0.15, 0.2) is 17.0 Å². The van der Waals surface area contributed by atoms with Crippen molar-refractivity contribution in [2.75, 3.05) is 39.6 Å². The van der Waals surface area contributed by atoms with Crippen LogP contribution in [0.5, 0.6) is 0 Å². The molecular weight excluding hydrogens is 392 g/mol. The summed E-state index contributed by atoms with van der Waals surface area (Å²) in [6.07, 6.45) is 2.91. The highest BCUT2D eigenvalue weighted by atomic mass is 32.2. The van der Waals surface area contributed by atoms with Gasteiger partial charge in [-0.15, -0.1) is 0 Å². The van der Waals surface area contributed by atoms with Crippen LogP contribution < -0.4 is 10.0 Å². The number of methoxy groups -OCH3 is 1. The zero-order valence-electron chi connectivity index (χ0n) is 16.3. The molecule has 1 aliphatic rings. The second kappa shape index (κ2) is 9.15. The minimum absolute atomic E-state index is 0.325. The first-order valence-corrected chi connectivity index (χ1v) is 10.6. The number of carbonyl (C=O) groups excluding carboxylic acids is 1. The maximum absolute atomic E-state index is 14.3. The number of carbonyl (C=O) groups is 1. The number of hydrogen-bond acceptors (Lipinski definition) is 6. The summed E-state index contributed by atoms with van der Waals surface area (Å²) in [6.45, 7) is 1.06. The molecule has 2 rings (SSSR count). The van der Waals surface area contributed by atoms with E-state index in [0.717, 1.165) is 19.4 Å². The molecule has 0 spiro atoms. The number of rotatable bonds is 9. The number of anilines is 1. The summed E-state index contributed by atoms with van der Waals surface area (Å²) < 4.78 is 60.6. The third-order valence-corrected chi connectivity index (χ3v) is 6.16. The van der Waals surface area contributed by atoms with Crippen LogP contribution in [0.4, 0.5) is 14.5 Å². The van der Waals surface area contributed by atoms with E-state index in [1.165, 1.54) is 7.11 Å². The Labute approximate surface area is 164 Å². The summed E-state index contributed by atoms with van der Waals surface area (Å²) >= 11 is 0. The number of hydrogen-bond donors (Lipinski definition) is 2. The molecule has 0 aromatic heterocycles. The lowest BCUT2D eigenvalue weighted by Gasteiger charge is -2.25. The van der Waals surface area contributed by atoms with Gasteiger partial charge >= 0.3 is 0 Å². The fraction of sp³-hybridized carbons (Fsp3) is 0.611. The van der Waals surface area contributed by atoms with Crippen molar-refractivity contribution in [3.8, 4) is 0 Å². The molecule has 28 heavy (non-hydrogen) atoms. The molecular formula is C18H27F2N3O4S. The standard InChI is InChI=1S/C18H27F2N3O4S/c1-23(2)10-6-9-21-16-14(19)11-13(12-15(16)20)28(25,26)22-17(24)18(27-3)7-4-5-8-18/h11-12,21H,4-10H2,1-3H3,(H,22,24). The van der Waals surface area contributed by atoms with Crippen molar-refractivity contribution in [2.45, 2.75) is 42.6 Å².